The molecule has 1 heterocycles. The lowest BCUT2D eigenvalue weighted by atomic mass is 9.97. The minimum absolute atomic E-state index is 0.107. The largest absolute Gasteiger partial charge is 0.354 e. The van der Waals surface area contributed by atoms with E-state index in [0.29, 0.717) is 13.1 Å². The van der Waals surface area contributed by atoms with E-state index in [1.807, 2.05) is 27.7 Å². The fourth-order valence-corrected chi connectivity index (χ4v) is 3.00. The number of aryl methyl sites for hydroxylation is 1. The highest BCUT2D eigenvalue weighted by molar-refractivity contribution is 7.90. The number of nitrogens with zero attached hydrogens (tertiary/aromatic N) is 3. The molecule has 1 aliphatic heterocycles. The molecule has 120 valence electrons. The van der Waals surface area contributed by atoms with Crippen molar-refractivity contribution in [3.8, 4) is 0 Å². The fraction of sp³-hybridized carbons (Fsp3) is 0.467. The van der Waals surface area contributed by atoms with Gasteiger partial charge in [-0.25, -0.2) is 5.01 Å². The molecule has 0 aliphatic carbocycles. The normalized spacial score (nSPS) is 17.8. The quantitative estimate of drug-likeness (QED) is 0.682. The molecule has 6 nitrogen and oxygen atoms in total. The van der Waals surface area contributed by atoms with E-state index in [-0.39, 0.29) is 16.3 Å². The van der Waals surface area contributed by atoms with Crippen molar-refractivity contribution in [2.75, 3.05) is 13.1 Å². The lowest BCUT2D eigenvalue weighted by Crippen LogP contribution is -2.39. The van der Waals surface area contributed by atoms with Crippen LogP contribution in [0.15, 0.2) is 38.7 Å². The molecule has 1 aromatic rings. The Labute approximate surface area is 132 Å². The SMILES string of the molecule is CCN/C(=N\S(=O)(=O)c1ccc(C)cc1)N1CC(C)(C)C=N1. The molecule has 0 amide bonds. The van der Waals surface area contributed by atoms with Crippen molar-refractivity contribution in [3.05, 3.63) is 29.8 Å². The first-order valence-electron chi connectivity index (χ1n) is 7.22. The molecule has 1 aliphatic rings. The second kappa shape index (κ2) is 6.08. The summed E-state index contributed by atoms with van der Waals surface area (Å²) in [5.41, 5.74) is 0.893. The number of rotatable bonds is 3. The lowest BCUT2D eigenvalue weighted by Gasteiger charge is -2.21. The molecule has 0 radical (unpaired) electrons. The summed E-state index contributed by atoms with van der Waals surface area (Å²) in [6.07, 6.45) is 1.80. The maximum absolute atomic E-state index is 12.4. The van der Waals surface area contributed by atoms with Crippen molar-refractivity contribution >= 4 is 22.2 Å². The molecule has 1 N–H and O–H groups in total. The van der Waals surface area contributed by atoms with Gasteiger partial charge in [-0.3, -0.25) is 0 Å². The molecule has 0 saturated heterocycles. The van der Waals surface area contributed by atoms with Gasteiger partial charge in [0.2, 0.25) is 5.96 Å². The van der Waals surface area contributed by atoms with E-state index in [9.17, 15) is 8.42 Å². The first-order valence-corrected chi connectivity index (χ1v) is 8.66. The summed E-state index contributed by atoms with van der Waals surface area (Å²) in [7, 11) is -3.76. The van der Waals surface area contributed by atoms with E-state index in [4.69, 9.17) is 0 Å². The standard InChI is InChI=1S/C15H22N4O2S/c1-5-16-14(19-11-15(3,4)10-17-19)18-22(20,21)13-8-6-12(2)7-9-13/h6-10H,5,11H2,1-4H3,(H,16,18). The van der Waals surface area contributed by atoms with E-state index in [1.165, 1.54) is 0 Å². The Kier molecular flexibility index (Phi) is 4.55. The van der Waals surface area contributed by atoms with Gasteiger partial charge in [0.25, 0.3) is 10.0 Å². The van der Waals surface area contributed by atoms with Crippen LogP contribution in [-0.2, 0) is 10.0 Å². The predicted octanol–water partition coefficient (Wildman–Crippen LogP) is 1.98. The Morgan fingerprint density at radius 3 is 2.50 bits per heavy atom. The number of guanidine groups is 1. The van der Waals surface area contributed by atoms with Gasteiger partial charge in [0.05, 0.1) is 11.4 Å². The second-order valence-corrected chi connectivity index (χ2v) is 7.63. The lowest BCUT2D eigenvalue weighted by molar-refractivity contribution is 0.376. The Morgan fingerprint density at radius 2 is 2.00 bits per heavy atom. The van der Waals surface area contributed by atoms with Crippen LogP contribution in [0, 0.1) is 12.3 Å². The highest BCUT2D eigenvalue weighted by Gasteiger charge is 2.29. The Hall–Kier alpha value is -1.89. The third kappa shape index (κ3) is 3.85. The van der Waals surface area contributed by atoms with E-state index in [2.05, 4.69) is 14.8 Å². The number of nitrogens with one attached hydrogen (secondary N) is 1. The molecule has 22 heavy (non-hydrogen) atoms. The van der Waals surface area contributed by atoms with Gasteiger partial charge in [0.15, 0.2) is 0 Å². The minimum atomic E-state index is -3.76. The van der Waals surface area contributed by atoms with Gasteiger partial charge in [-0.05, 0) is 26.0 Å². The Balaban J connectivity index is 2.33. The van der Waals surface area contributed by atoms with Gasteiger partial charge in [0.1, 0.15) is 0 Å². The van der Waals surface area contributed by atoms with E-state index < -0.39 is 10.0 Å². The van der Waals surface area contributed by atoms with Crippen LogP contribution in [0.25, 0.3) is 0 Å². The first kappa shape index (κ1) is 16.5. The van der Waals surface area contributed by atoms with Crippen LogP contribution >= 0.6 is 0 Å². The molecule has 0 spiro atoms. The van der Waals surface area contributed by atoms with Crippen LogP contribution in [0.4, 0.5) is 0 Å². The van der Waals surface area contributed by atoms with Crippen molar-refractivity contribution in [1.29, 1.82) is 0 Å². The number of hydrogen-bond donors (Lipinski definition) is 1. The van der Waals surface area contributed by atoms with E-state index in [1.54, 1.807) is 35.5 Å². The van der Waals surface area contributed by atoms with Gasteiger partial charge in [0, 0.05) is 18.2 Å². The molecule has 0 saturated carbocycles. The summed E-state index contributed by atoms with van der Waals surface area (Å²) in [6.45, 7) is 9.02. The first-order chi connectivity index (χ1) is 10.2. The molecule has 2 rings (SSSR count). The summed E-state index contributed by atoms with van der Waals surface area (Å²) < 4.78 is 28.8. The molecule has 0 unspecified atom stereocenters. The molecule has 0 atom stereocenters. The van der Waals surface area contributed by atoms with Crippen molar-refractivity contribution in [3.63, 3.8) is 0 Å². The van der Waals surface area contributed by atoms with Crippen molar-refractivity contribution in [1.82, 2.24) is 10.3 Å². The minimum Gasteiger partial charge on any atom is -0.354 e. The van der Waals surface area contributed by atoms with Crippen LogP contribution in [0.3, 0.4) is 0 Å². The average molecular weight is 322 g/mol. The number of hydrogen-bond acceptors (Lipinski definition) is 3. The Bertz CT molecular complexity index is 691. The van der Waals surface area contributed by atoms with Gasteiger partial charge in [-0.2, -0.15) is 13.5 Å². The summed E-state index contributed by atoms with van der Waals surface area (Å²) in [4.78, 5) is 0.177. The summed E-state index contributed by atoms with van der Waals surface area (Å²) in [6, 6.07) is 6.64. The summed E-state index contributed by atoms with van der Waals surface area (Å²) in [5, 5.41) is 8.83. The number of benzene rings is 1. The highest BCUT2D eigenvalue weighted by atomic mass is 32.2. The molecule has 1 aromatic carbocycles. The van der Waals surface area contributed by atoms with E-state index in [0.717, 1.165) is 5.56 Å². The summed E-state index contributed by atoms with van der Waals surface area (Å²) in [5.74, 6) is 0.255. The number of sulfonamides is 1. The monoisotopic (exact) mass is 322 g/mol. The van der Waals surface area contributed by atoms with Gasteiger partial charge in [-0.15, -0.1) is 4.40 Å². The van der Waals surface area contributed by atoms with Gasteiger partial charge >= 0.3 is 0 Å². The zero-order valence-electron chi connectivity index (χ0n) is 13.4. The maximum atomic E-state index is 12.4. The van der Waals surface area contributed by atoms with Crippen LogP contribution in [-0.4, -0.2) is 38.7 Å². The molecule has 0 fully saturated rings. The van der Waals surface area contributed by atoms with E-state index >= 15 is 0 Å². The molecular formula is C15H22N4O2S. The van der Waals surface area contributed by atoms with Crippen molar-refractivity contribution < 1.29 is 8.42 Å². The van der Waals surface area contributed by atoms with Gasteiger partial charge < -0.3 is 5.32 Å². The second-order valence-electron chi connectivity index (χ2n) is 6.02. The predicted molar refractivity (Wildman–Crippen MR) is 88.5 cm³/mol. The van der Waals surface area contributed by atoms with Crippen molar-refractivity contribution in [2.24, 2.45) is 14.9 Å². The third-order valence-corrected chi connectivity index (χ3v) is 4.49. The smallest absolute Gasteiger partial charge is 0.285 e. The van der Waals surface area contributed by atoms with Crippen molar-refractivity contribution in [2.45, 2.75) is 32.6 Å². The zero-order valence-corrected chi connectivity index (χ0v) is 14.2. The highest BCUT2D eigenvalue weighted by Crippen LogP contribution is 2.21. The Morgan fingerprint density at radius 1 is 1.36 bits per heavy atom. The fourth-order valence-electron chi connectivity index (χ4n) is 2.03. The average Bonchev–Trinajstić information content (AvgIpc) is 2.79. The van der Waals surface area contributed by atoms with Crippen LogP contribution in [0.1, 0.15) is 26.3 Å². The van der Waals surface area contributed by atoms with Gasteiger partial charge in [-0.1, -0.05) is 31.5 Å². The zero-order chi connectivity index (χ0) is 16.4. The number of hydrazone groups is 1. The summed E-state index contributed by atoms with van der Waals surface area (Å²) >= 11 is 0. The van der Waals surface area contributed by atoms with Crippen LogP contribution < -0.4 is 5.32 Å². The van der Waals surface area contributed by atoms with Crippen LogP contribution in [0.2, 0.25) is 0 Å². The van der Waals surface area contributed by atoms with Crippen LogP contribution in [0.5, 0.6) is 0 Å². The molecule has 7 heteroatoms. The topological polar surface area (TPSA) is 74.1 Å². The molecule has 0 bridgehead atoms. The molecular weight excluding hydrogens is 300 g/mol. The molecule has 0 aromatic heterocycles. The maximum Gasteiger partial charge on any atom is 0.285 e. The third-order valence-electron chi connectivity index (χ3n) is 3.21.